The molecule has 0 spiro atoms. The second kappa shape index (κ2) is 10.4. The van der Waals surface area contributed by atoms with Crippen LogP contribution in [0.4, 0.5) is 0 Å². The van der Waals surface area contributed by atoms with Crippen molar-refractivity contribution in [1.82, 2.24) is 0 Å². The molecule has 0 radical (unpaired) electrons. The van der Waals surface area contributed by atoms with Crippen LogP contribution in [0.25, 0.3) is 5.31 Å². The van der Waals surface area contributed by atoms with Gasteiger partial charge in [-0.05, 0) is 26.0 Å². The first-order valence-corrected chi connectivity index (χ1v) is 8.12. The van der Waals surface area contributed by atoms with E-state index in [1.165, 1.54) is 0 Å². The molecule has 1 rings (SSSR count). The van der Waals surface area contributed by atoms with E-state index in [9.17, 15) is 9.67 Å². The molecule has 0 N–H and O–H groups in total. The van der Waals surface area contributed by atoms with Crippen molar-refractivity contribution in [3.8, 4) is 0 Å². The summed E-state index contributed by atoms with van der Waals surface area (Å²) in [6.45, 7) is 5.61. The summed E-state index contributed by atoms with van der Waals surface area (Å²) in [5, 5.41) is 12.1. The largest absolute Gasteiger partial charge is 1.00 e. The number of rotatable bonds is 8. The summed E-state index contributed by atoms with van der Waals surface area (Å²) < 4.78 is 28.3. The molecule has 0 saturated heterocycles. The van der Waals surface area contributed by atoms with E-state index in [1.54, 1.807) is 51.1 Å². The minimum Gasteiger partial charge on any atom is -0.613 e. The van der Waals surface area contributed by atoms with E-state index >= 15 is 0 Å². The van der Waals surface area contributed by atoms with E-state index in [0.717, 1.165) is 0 Å². The van der Waals surface area contributed by atoms with Crippen LogP contribution in [0.2, 0.25) is 0 Å². The van der Waals surface area contributed by atoms with Crippen molar-refractivity contribution in [2.24, 2.45) is 0 Å². The molecule has 0 saturated carbocycles. The van der Waals surface area contributed by atoms with Crippen molar-refractivity contribution >= 4 is 12.9 Å². The van der Waals surface area contributed by atoms with Crippen LogP contribution in [0.1, 0.15) is 26.3 Å². The molecular weight excluding hydrogens is 302 g/mol. The molecule has 0 heterocycles. The van der Waals surface area contributed by atoms with Crippen molar-refractivity contribution in [3.63, 3.8) is 0 Å². The molecule has 21 heavy (non-hydrogen) atoms. The molecule has 0 aromatic heterocycles. The van der Waals surface area contributed by atoms with E-state index < -0.39 is 13.5 Å². The van der Waals surface area contributed by atoms with E-state index in [4.69, 9.17) is 13.8 Å². The third kappa shape index (κ3) is 5.78. The Balaban J connectivity index is 0.00000400. The standard InChI is InChI=1S/C14H21O5P.Na/c1-4-17-14(15)13(12-10-8-7-9-11-12)20(16,18-5-2)19-6-3;/h7-11,15H,4-6H2,1-3H3;/q;+1/p-1/b14-13-;. The zero-order valence-electron chi connectivity index (χ0n) is 13.0. The van der Waals surface area contributed by atoms with Crippen LogP contribution in [0, 0.1) is 0 Å². The van der Waals surface area contributed by atoms with Crippen LogP contribution in [0.3, 0.4) is 0 Å². The van der Waals surface area contributed by atoms with Gasteiger partial charge in [0.05, 0.1) is 24.5 Å². The minimum absolute atomic E-state index is 0. The van der Waals surface area contributed by atoms with E-state index in [-0.39, 0.29) is 54.7 Å². The van der Waals surface area contributed by atoms with Crippen molar-refractivity contribution < 1.29 is 53.0 Å². The summed E-state index contributed by atoms with van der Waals surface area (Å²) in [6, 6.07) is 8.65. The predicted molar refractivity (Wildman–Crippen MR) is 75.8 cm³/mol. The van der Waals surface area contributed by atoms with Gasteiger partial charge in [-0.15, -0.1) is 0 Å². The molecule has 0 aliphatic heterocycles. The molecule has 0 atom stereocenters. The quantitative estimate of drug-likeness (QED) is 0.382. The average Bonchev–Trinajstić information content (AvgIpc) is 2.40. The van der Waals surface area contributed by atoms with Gasteiger partial charge in [0.1, 0.15) is 0 Å². The predicted octanol–water partition coefficient (Wildman–Crippen LogP) is -0.0204. The maximum atomic E-state index is 12.8. The maximum Gasteiger partial charge on any atom is 1.00 e. The van der Waals surface area contributed by atoms with Gasteiger partial charge in [-0.25, -0.2) is 0 Å². The molecule has 5 nitrogen and oxygen atoms in total. The van der Waals surface area contributed by atoms with Crippen LogP contribution in [-0.4, -0.2) is 19.8 Å². The molecule has 0 aliphatic carbocycles. The van der Waals surface area contributed by atoms with E-state index in [2.05, 4.69) is 0 Å². The van der Waals surface area contributed by atoms with Gasteiger partial charge in [0.25, 0.3) is 0 Å². The monoisotopic (exact) mass is 322 g/mol. The van der Waals surface area contributed by atoms with Crippen LogP contribution in [-0.2, 0) is 18.3 Å². The SMILES string of the molecule is CCO/C([O-])=C(/c1ccccc1)P(=O)(OCC)OCC.[Na+]. The van der Waals surface area contributed by atoms with E-state index in [1.807, 2.05) is 0 Å². The van der Waals surface area contributed by atoms with Crippen molar-refractivity contribution in [3.05, 3.63) is 41.8 Å². The fourth-order valence-electron chi connectivity index (χ4n) is 1.69. The van der Waals surface area contributed by atoms with Crippen molar-refractivity contribution in [2.75, 3.05) is 19.8 Å². The average molecular weight is 322 g/mol. The Bertz CT molecular complexity index is 479. The fraction of sp³-hybridized carbons (Fsp3) is 0.429. The summed E-state index contributed by atoms with van der Waals surface area (Å²) in [5.74, 6) is -0.677. The molecule has 0 fully saturated rings. The molecule has 112 valence electrons. The maximum absolute atomic E-state index is 12.8. The molecule has 0 bridgehead atoms. The number of ether oxygens (including phenoxy) is 1. The summed E-state index contributed by atoms with van der Waals surface area (Å²) in [4.78, 5) is 0. The van der Waals surface area contributed by atoms with Gasteiger partial charge in [0.15, 0.2) is 0 Å². The van der Waals surface area contributed by atoms with Gasteiger partial charge in [-0.3, -0.25) is 4.57 Å². The Morgan fingerprint density at radius 3 is 2.00 bits per heavy atom. The zero-order valence-corrected chi connectivity index (χ0v) is 15.9. The molecular formula is C14H20NaO5P. The zero-order chi connectivity index (χ0) is 15.0. The van der Waals surface area contributed by atoms with Gasteiger partial charge in [-0.1, -0.05) is 37.3 Å². The first-order chi connectivity index (χ1) is 9.59. The Morgan fingerprint density at radius 1 is 1.05 bits per heavy atom. The molecule has 0 aliphatic rings. The number of benzene rings is 1. The van der Waals surface area contributed by atoms with Crippen molar-refractivity contribution in [1.29, 1.82) is 0 Å². The molecule has 7 heteroatoms. The van der Waals surface area contributed by atoms with Gasteiger partial charge < -0.3 is 18.9 Å². The van der Waals surface area contributed by atoms with Crippen LogP contribution in [0.5, 0.6) is 0 Å². The van der Waals surface area contributed by atoms with Crippen LogP contribution < -0.4 is 34.7 Å². The topological polar surface area (TPSA) is 67.8 Å². The Kier molecular flexibility index (Phi) is 10.3. The number of hydrogen-bond acceptors (Lipinski definition) is 5. The van der Waals surface area contributed by atoms with Gasteiger partial charge >= 0.3 is 37.2 Å². The first kappa shape index (κ1) is 20.7. The van der Waals surface area contributed by atoms with Crippen LogP contribution in [0.15, 0.2) is 36.3 Å². The van der Waals surface area contributed by atoms with Crippen molar-refractivity contribution in [2.45, 2.75) is 20.8 Å². The Labute approximate surface area is 148 Å². The van der Waals surface area contributed by atoms with E-state index in [0.29, 0.717) is 5.56 Å². The molecule has 1 aromatic carbocycles. The van der Waals surface area contributed by atoms with Gasteiger partial charge in [0.2, 0.25) is 0 Å². The third-order valence-electron chi connectivity index (χ3n) is 2.39. The Morgan fingerprint density at radius 2 is 1.57 bits per heavy atom. The van der Waals surface area contributed by atoms with Gasteiger partial charge in [-0.2, -0.15) is 0 Å². The normalized spacial score (nSPS) is 12.3. The minimum atomic E-state index is -3.70. The van der Waals surface area contributed by atoms with Crippen LogP contribution >= 0.6 is 7.60 Å². The summed E-state index contributed by atoms with van der Waals surface area (Å²) >= 11 is 0. The smallest absolute Gasteiger partial charge is 0.613 e. The summed E-state index contributed by atoms with van der Waals surface area (Å²) in [5.41, 5.74) is 0.483. The molecule has 0 unspecified atom stereocenters. The Hall–Kier alpha value is -0.290. The number of hydrogen-bond donors (Lipinski definition) is 0. The molecule has 1 aromatic rings. The third-order valence-corrected chi connectivity index (χ3v) is 4.57. The second-order valence-corrected chi connectivity index (χ2v) is 5.73. The first-order valence-electron chi connectivity index (χ1n) is 6.58. The van der Waals surface area contributed by atoms with Gasteiger partial charge in [0, 0.05) is 0 Å². The summed E-state index contributed by atoms with van der Waals surface area (Å²) in [7, 11) is -3.70. The fourth-order valence-corrected chi connectivity index (χ4v) is 3.46. The summed E-state index contributed by atoms with van der Waals surface area (Å²) in [6.07, 6.45) is 0. The second-order valence-electron chi connectivity index (χ2n) is 3.77. The molecule has 0 amide bonds.